The molecule has 0 saturated heterocycles. The molecule has 11 heteroatoms. The Balaban J connectivity index is 1.16. The number of allylic oxidation sites excluding steroid dienone is 1. The molecule has 2 aliphatic heterocycles. The zero-order valence-corrected chi connectivity index (χ0v) is 24.5. The van der Waals surface area contributed by atoms with Crippen LogP contribution in [0.25, 0.3) is 10.2 Å². The van der Waals surface area contributed by atoms with E-state index in [0.29, 0.717) is 62.3 Å². The van der Waals surface area contributed by atoms with Crippen molar-refractivity contribution in [3.63, 3.8) is 0 Å². The third kappa shape index (κ3) is 5.05. The minimum Gasteiger partial charge on any atom is -0.457 e. The zero-order valence-electron chi connectivity index (χ0n) is 23.7. The number of anilines is 3. The molecule has 44 heavy (non-hydrogen) atoms. The molecule has 0 bridgehead atoms. The van der Waals surface area contributed by atoms with Crippen molar-refractivity contribution in [1.82, 2.24) is 15.2 Å². The van der Waals surface area contributed by atoms with Gasteiger partial charge in [0.1, 0.15) is 32.8 Å². The average Bonchev–Trinajstić information content (AvgIpc) is 3.60. The lowest BCUT2D eigenvalue weighted by atomic mass is 10.1. The number of carbonyl (C=O) groups is 3. The molecule has 1 saturated carbocycles. The van der Waals surface area contributed by atoms with E-state index in [-0.39, 0.29) is 17.4 Å². The van der Waals surface area contributed by atoms with Gasteiger partial charge in [-0.25, -0.2) is 9.78 Å². The first-order valence-electron chi connectivity index (χ1n) is 14.2. The van der Waals surface area contributed by atoms with Crippen molar-refractivity contribution < 1.29 is 19.1 Å². The molecule has 4 aromatic rings. The molecular formula is C33H26N6O4S. The van der Waals surface area contributed by atoms with Crippen molar-refractivity contribution in [3.8, 4) is 17.6 Å². The number of nitrogens with zero attached hydrogens (tertiary/aromatic N) is 4. The molecule has 10 nitrogen and oxygen atoms in total. The molecule has 7 rings (SSSR count). The van der Waals surface area contributed by atoms with Crippen molar-refractivity contribution in [3.05, 3.63) is 94.8 Å². The Labute approximate surface area is 256 Å². The summed E-state index contributed by atoms with van der Waals surface area (Å²) in [5.41, 5.74) is 3.20. The van der Waals surface area contributed by atoms with Crippen LogP contribution in [0.5, 0.6) is 11.5 Å². The fourth-order valence-corrected chi connectivity index (χ4v) is 6.44. The maximum absolute atomic E-state index is 13.7. The van der Waals surface area contributed by atoms with Crippen LogP contribution >= 0.6 is 11.3 Å². The first kappa shape index (κ1) is 27.4. The summed E-state index contributed by atoms with van der Waals surface area (Å²) < 4.78 is 5.97. The average molecular weight is 603 g/mol. The predicted molar refractivity (Wildman–Crippen MR) is 167 cm³/mol. The van der Waals surface area contributed by atoms with E-state index < -0.39 is 11.9 Å². The molecule has 0 unspecified atom stereocenters. The summed E-state index contributed by atoms with van der Waals surface area (Å²) in [7, 11) is 0. The number of thiophene rings is 1. The molecule has 2 aromatic heterocycles. The van der Waals surface area contributed by atoms with Gasteiger partial charge in [-0.2, -0.15) is 5.26 Å². The molecule has 1 fully saturated rings. The van der Waals surface area contributed by atoms with Crippen molar-refractivity contribution in [2.24, 2.45) is 5.92 Å². The number of rotatable bonds is 7. The fourth-order valence-electron chi connectivity index (χ4n) is 5.36. The minimum absolute atomic E-state index is 0.0894. The van der Waals surface area contributed by atoms with Crippen LogP contribution in [0.2, 0.25) is 0 Å². The highest BCUT2D eigenvalue weighted by Crippen LogP contribution is 2.47. The number of amides is 4. The van der Waals surface area contributed by atoms with E-state index in [0.717, 1.165) is 18.4 Å². The number of aryl methyl sites for hydroxylation is 1. The van der Waals surface area contributed by atoms with E-state index in [2.05, 4.69) is 15.6 Å². The highest BCUT2D eigenvalue weighted by atomic mass is 32.1. The van der Waals surface area contributed by atoms with Crippen LogP contribution in [-0.4, -0.2) is 34.3 Å². The van der Waals surface area contributed by atoms with Crippen LogP contribution in [0, 0.1) is 24.2 Å². The van der Waals surface area contributed by atoms with Crippen molar-refractivity contribution in [2.45, 2.75) is 26.2 Å². The van der Waals surface area contributed by atoms with Gasteiger partial charge in [-0.05, 0) is 67.6 Å². The number of ether oxygens (including phenoxy) is 1. The SMILES string of the molecule is Cc1cc(Oc2ccccc2)ccc1N1C(=O)Nc2c(C(=O)N3C=C(NC(=O)/C(C#N)=C/C4CC4)CC3)sc3nccc1c23. The summed E-state index contributed by atoms with van der Waals surface area (Å²) in [5, 5.41) is 15.8. The molecule has 2 aromatic carbocycles. The summed E-state index contributed by atoms with van der Waals surface area (Å²) >= 11 is 1.21. The summed E-state index contributed by atoms with van der Waals surface area (Å²) in [6.07, 6.45) is 7.35. The number of benzene rings is 2. The van der Waals surface area contributed by atoms with E-state index in [1.54, 1.807) is 29.4 Å². The summed E-state index contributed by atoms with van der Waals surface area (Å²) in [4.78, 5) is 48.5. The van der Waals surface area contributed by atoms with Crippen LogP contribution in [0.3, 0.4) is 0 Å². The maximum Gasteiger partial charge on any atom is 0.331 e. The van der Waals surface area contributed by atoms with Crippen molar-refractivity contribution >= 4 is 56.5 Å². The molecule has 4 heterocycles. The van der Waals surface area contributed by atoms with E-state index in [1.807, 2.05) is 61.5 Å². The smallest absolute Gasteiger partial charge is 0.331 e. The number of aromatic nitrogens is 1. The number of nitriles is 1. The second-order valence-electron chi connectivity index (χ2n) is 10.8. The highest BCUT2D eigenvalue weighted by Gasteiger charge is 2.35. The van der Waals surface area contributed by atoms with Crippen LogP contribution in [-0.2, 0) is 4.79 Å². The molecule has 1 aliphatic carbocycles. The summed E-state index contributed by atoms with van der Waals surface area (Å²) in [6.45, 7) is 2.27. The Morgan fingerprint density at radius 2 is 1.95 bits per heavy atom. The number of urea groups is 1. The van der Waals surface area contributed by atoms with Gasteiger partial charge >= 0.3 is 6.03 Å². The molecule has 3 aliphatic rings. The second-order valence-corrected chi connectivity index (χ2v) is 11.8. The van der Waals surface area contributed by atoms with Crippen LogP contribution < -0.4 is 20.3 Å². The van der Waals surface area contributed by atoms with Crippen LogP contribution in [0.1, 0.15) is 34.5 Å². The second kappa shape index (κ2) is 11.0. The lowest BCUT2D eigenvalue weighted by Crippen LogP contribution is -2.35. The first-order valence-corrected chi connectivity index (χ1v) is 15.0. The molecule has 0 atom stereocenters. The standard InChI is InChI=1S/C33H26N6O4S/c1-19-15-24(43-23-5-3-2-4-6-23)9-10-25(19)39-26-11-13-35-31-27(26)28(37-33(39)42)29(44-31)32(41)38-14-12-22(18-38)36-30(40)21(17-34)16-20-7-8-20/h2-6,9-11,13,15-16,18,20H,7-8,12,14H2,1H3,(H,36,40)(H,37,42)/b21-16+. The molecule has 4 amide bonds. The van der Waals surface area contributed by atoms with Crippen molar-refractivity contribution in [2.75, 3.05) is 16.8 Å². The number of carbonyl (C=O) groups excluding carboxylic acids is 3. The van der Waals surface area contributed by atoms with E-state index in [9.17, 15) is 19.6 Å². The Bertz CT molecular complexity index is 1950. The number of pyridine rings is 1. The van der Waals surface area contributed by atoms with Crippen LogP contribution in [0.4, 0.5) is 21.9 Å². The van der Waals surface area contributed by atoms with Gasteiger partial charge in [0.05, 0.1) is 22.4 Å². The molecular weight excluding hydrogens is 576 g/mol. The lowest BCUT2D eigenvalue weighted by molar-refractivity contribution is -0.116. The molecule has 0 spiro atoms. The number of hydrogen-bond acceptors (Lipinski definition) is 7. The Morgan fingerprint density at radius 3 is 2.70 bits per heavy atom. The van der Waals surface area contributed by atoms with Gasteiger partial charge in [0.25, 0.3) is 11.8 Å². The Kier molecular flexibility index (Phi) is 6.83. The van der Waals surface area contributed by atoms with E-state index in [4.69, 9.17) is 4.74 Å². The third-order valence-electron chi connectivity index (χ3n) is 7.69. The number of hydrogen-bond donors (Lipinski definition) is 2. The summed E-state index contributed by atoms with van der Waals surface area (Å²) in [6, 6.07) is 18.3. The van der Waals surface area contributed by atoms with Crippen molar-refractivity contribution in [1.29, 1.82) is 5.26 Å². The van der Waals surface area contributed by atoms with Gasteiger partial charge < -0.3 is 20.3 Å². The first-order chi connectivity index (χ1) is 21.4. The highest BCUT2D eigenvalue weighted by molar-refractivity contribution is 7.21. The Morgan fingerprint density at radius 1 is 1.14 bits per heavy atom. The topological polar surface area (TPSA) is 128 Å². The zero-order chi connectivity index (χ0) is 30.4. The number of nitrogens with one attached hydrogen (secondary N) is 2. The van der Waals surface area contributed by atoms with Gasteiger partial charge in [0.15, 0.2) is 0 Å². The quantitative estimate of drug-likeness (QED) is 0.178. The van der Waals surface area contributed by atoms with Gasteiger partial charge in [-0.15, -0.1) is 11.3 Å². The largest absolute Gasteiger partial charge is 0.457 e. The lowest BCUT2D eigenvalue weighted by Gasteiger charge is -2.29. The van der Waals surface area contributed by atoms with Gasteiger partial charge in [0.2, 0.25) is 0 Å². The summed E-state index contributed by atoms with van der Waals surface area (Å²) in [5.74, 6) is 0.882. The Hall–Kier alpha value is -5.47. The molecule has 0 radical (unpaired) electrons. The van der Waals surface area contributed by atoms with Crippen LogP contribution in [0.15, 0.2) is 84.3 Å². The predicted octanol–water partition coefficient (Wildman–Crippen LogP) is 6.74. The van der Waals surface area contributed by atoms with Gasteiger partial charge in [-0.3, -0.25) is 14.5 Å². The maximum atomic E-state index is 13.7. The van der Waals surface area contributed by atoms with E-state index >= 15 is 0 Å². The molecule has 2 N–H and O–H groups in total. The fraction of sp³-hybridized carbons (Fsp3) is 0.182. The van der Waals surface area contributed by atoms with Gasteiger partial charge in [0, 0.05) is 31.1 Å². The molecule has 218 valence electrons. The third-order valence-corrected chi connectivity index (χ3v) is 8.77. The normalized spacial score (nSPS) is 16.0. The van der Waals surface area contributed by atoms with Gasteiger partial charge in [-0.1, -0.05) is 24.3 Å². The number of para-hydroxylation sites is 1. The monoisotopic (exact) mass is 602 g/mol. The van der Waals surface area contributed by atoms with E-state index in [1.165, 1.54) is 16.2 Å². The minimum atomic E-state index is -0.465.